The highest BCUT2D eigenvalue weighted by Gasteiger charge is 2.31. The van der Waals surface area contributed by atoms with Gasteiger partial charge in [-0.1, -0.05) is 6.58 Å². The topological polar surface area (TPSA) is 58.5 Å². The van der Waals surface area contributed by atoms with E-state index in [1.54, 1.807) is 0 Å². The highest BCUT2D eigenvalue weighted by atomic mass is 32.1. The smallest absolute Gasteiger partial charge is 0.142 e. The van der Waals surface area contributed by atoms with Crippen LogP contribution in [0.2, 0.25) is 0 Å². The SMILES string of the molecule is C=C(O)C(OC(C)(C)C)c1c(C)nc2sc3c(c2c1-c1ccc(N(C)C)nc1)CCCC3. The molecule has 0 spiro atoms. The molecule has 1 atom stereocenters. The van der Waals surface area contributed by atoms with Crippen LogP contribution in [0.1, 0.15) is 61.4 Å². The number of aliphatic hydroxyl groups is 1. The van der Waals surface area contributed by atoms with Crippen molar-refractivity contribution in [2.45, 2.75) is 65.1 Å². The molecule has 6 heteroatoms. The van der Waals surface area contributed by atoms with Crippen LogP contribution in [0, 0.1) is 6.92 Å². The quantitative estimate of drug-likeness (QED) is 0.446. The number of hydrogen-bond donors (Lipinski definition) is 1. The predicted molar refractivity (Wildman–Crippen MR) is 134 cm³/mol. The summed E-state index contributed by atoms with van der Waals surface area (Å²) in [5.41, 5.74) is 4.74. The van der Waals surface area contributed by atoms with Crippen LogP contribution >= 0.6 is 11.3 Å². The first-order valence-electron chi connectivity index (χ1n) is 11.2. The third-order valence-corrected chi connectivity index (χ3v) is 7.05. The Labute approximate surface area is 194 Å². The molecule has 4 rings (SSSR count). The summed E-state index contributed by atoms with van der Waals surface area (Å²) < 4.78 is 6.35. The molecule has 0 aliphatic heterocycles. The number of hydrogen-bond acceptors (Lipinski definition) is 6. The molecule has 0 saturated carbocycles. The van der Waals surface area contributed by atoms with E-state index in [1.807, 2.05) is 70.3 Å². The molecule has 1 unspecified atom stereocenters. The Morgan fingerprint density at radius 3 is 2.53 bits per heavy atom. The summed E-state index contributed by atoms with van der Waals surface area (Å²) in [6.45, 7) is 11.8. The number of aromatic nitrogens is 2. The Kier molecular flexibility index (Phi) is 6.03. The van der Waals surface area contributed by atoms with E-state index in [2.05, 4.69) is 12.6 Å². The van der Waals surface area contributed by atoms with Gasteiger partial charge in [-0.3, -0.25) is 0 Å². The van der Waals surface area contributed by atoms with Gasteiger partial charge in [0, 0.05) is 52.9 Å². The van der Waals surface area contributed by atoms with Crippen molar-refractivity contribution in [3.05, 3.63) is 52.4 Å². The number of thiophene rings is 1. The highest BCUT2D eigenvalue weighted by molar-refractivity contribution is 7.19. The fraction of sp³-hybridized carbons (Fsp3) is 0.462. The first-order chi connectivity index (χ1) is 15.1. The number of nitrogens with zero attached hydrogens (tertiary/aromatic N) is 3. The summed E-state index contributed by atoms with van der Waals surface area (Å²) in [6, 6.07) is 4.15. The Morgan fingerprint density at radius 2 is 1.94 bits per heavy atom. The predicted octanol–water partition coefficient (Wildman–Crippen LogP) is 6.54. The molecule has 1 N–H and O–H groups in total. The third-order valence-electron chi connectivity index (χ3n) is 5.86. The molecule has 5 nitrogen and oxygen atoms in total. The number of rotatable bonds is 5. The second-order valence-corrected chi connectivity index (χ2v) is 10.9. The summed E-state index contributed by atoms with van der Waals surface area (Å²) in [6.07, 6.45) is 5.83. The van der Waals surface area contributed by atoms with E-state index in [0.717, 1.165) is 45.9 Å². The number of ether oxygens (including phenoxy) is 1. The monoisotopic (exact) mass is 451 g/mol. The minimum absolute atomic E-state index is 0.00704. The van der Waals surface area contributed by atoms with E-state index in [-0.39, 0.29) is 5.76 Å². The average molecular weight is 452 g/mol. The number of anilines is 1. The molecule has 0 bridgehead atoms. The van der Waals surface area contributed by atoms with Crippen molar-refractivity contribution in [3.8, 4) is 11.1 Å². The molecule has 0 radical (unpaired) electrons. The van der Waals surface area contributed by atoms with Gasteiger partial charge in [0.2, 0.25) is 0 Å². The van der Waals surface area contributed by atoms with Crippen molar-refractivity contribution in [3.63, 3.8) is 0 Å². The maximum Gasteiger partial charge on any atom is 0.142 e. The van der Waals surface area contributed by atoms with Gasteiger partial charge in [0.05, 0.1) is 5.60 Å². The maximum atomic E-state index is 10.6. The molecule has 32 heavy (non-hydrogen) atoms. The number of fused-ring (bicyclic) bond motifs is 3. The van der Waals surface area contributed by atoms with Gasteiger partial charge in [-0.25, -0.2) is 9.97 Å². The molecule has 3 aromatic rings. The minimum atomic E-state index is -0.672. The largest absolute Gasteiger partial charge is 0.510 e. The normalized spacial score (nSPS) is 14.9. The fourth-order valence-corrected chi connectivity index (χ4v) is 5.80. The van der Waals surface area contributed by atoms with E-state index in [1.165, 1.54) is 28.7 Å². The summed E-state index contributed by atoms with van der Waals surface area (Å²) in [5.74, 6) is 0.895. The Bertz CT molecular complexity index is 1160. The molecular formula is C26H33N3O2S. The van der Waals surface area contributed by atoms with Crippen LogP contribution < -0.4 is 4.90 Å². The zero-order valence-electron chi connectivity index (χ0n) is 20.0. The van der Waals surface area contributed by atoms with Crippen LogP contribution in [0.15, 0.2) is 30.7 Å². The van der Waals surface area contributed by atoms with E-state index in [0.29, 0.717) is 0 Å². The summed E-state index contributed by atoms with van der Waals surface area (Å²) in [5, 5.41) is 11.8. The fourth-order valence-electron chi connectivity index (χ4n) is 4.48. The van der Waals surface area contributed by atoms with E-state index < -0.39 is 11.7 Å². The molecule has 3 heterocycles. The molecule has 0 aromatic carbocycles. The molecule has 0 saturated heterocycles. The van der Waals surface area contributed by atoms with E-state index in [9.17, 15) is 5.11 Å². The highest BCUT2D eigenvalue weighted by Crippen LogP contribution is 2.46. The first-order valence-corrected chi connectivity index (χ1v) is 12.0. The van der Waals surface area contributed by atoms with Crippen LogP contribution in [0.25, 0.3) is 21.3 Å². The summed E-state index contributed by atoms with van der Waals surface area (Å²) in [4.78, 5) is 14.2. The Morgan fingerprint density at radius 1 is 1.22 bits per heavy atom. The second-order valence-electron chi connectivity index (χ2n) is 9.78. The molecule has 170 valence electrons. The molecular weight excluding hydrogens is 418 g/mol. The van der Waals surface area contributed by atoms with Gasteiger partial charge in [-0.15, -0.1) is 11.3 Å². The van der Waals surface area contributed by atoms with Crippen LogP contribution in [0.5, 0.6) is 0 Å². The number of aliphatic hydroxyl groups excluding tert-OH is 1. The standard InChI is InChI=1S/C26H33N3O2S/c1-15-21(24(16(2)30)31-26(3,4)5)22(17-12-13-20(27-14-17)29(6)7)23-18-10-8-9-11-19(18)32-25(23)28-15/h12-14,24,30H,2,8-11H2,1,3-7H3. The lowest BCUT2D eigenvalue weighted by molar-refractivity contribution is -0.0596. The molecule has 3 aromatic heterocycles. The minimum Gasteiger partial charge on any atom is -0.510 e. The zero-order valence-corrected chi connectivity index (χ0v) is 20.8. The van der Waals surface area contributed by atoms with E-state index in [4.69, 9.17) is 14.7 Å². The number of pyridine rings is 2. The lowest BCUT2D eigenvalue weighted by atomic mass is 9.88. The van der Waals surface area contributed by atoms with Gasteiger partial charge in [0.25, 0.3) is 0 Å². The summed E-state index contributed by atoms with van der Waals surface area (Å²) in [7, 11) is 3.97. The van der Waals surface area contributed by atoms with Gasteiger partial charge in [-0.05, 0) is 71.1 Å². The second kappa shape index (κ2) is 8.49. The van der Waals surface area contributed by atoms with Crippen LogP contribution in [-0.2, 0) is 17.6 Å². The van der Waals surface area contributed by atoms with Crippen molar-refractivity contribution < 1.29 is 9.84 Å². The molecule has 0 amide bonds. The Hall–Kier alpha value is -2.44. The van der Waals surface area contributed by atoms with Gasteiger partial charge in [0.1, 0.15) is 22.5 Å². The van der Waals surface area contributed by atoms with Crippen molar-refractivity contribution in [1.29, 1.82) is 0 Å². The summed E-state index contributed by atoms with van der Waals surface area (Å²) >= 11 is 1.81. The molecule has 1 aliphatic carbocycles. The lowest BCUT2D eigenvalue weighted by Crippen LogP contribution is -2.25. The van der Waals surface area contributed by atoms with Gasteiger partial charge in [-0.2, -0.15) is 0 Å². The van der Waals surface area contributed by atoms with Gasteiger partial charge >= 0.3 is 0 Å². The van der Waals surface area contributed by atoms with Crippen LogP contribution in [-0.4, -0.2) is 34.8 Å². The molecule has 0 fully saturated rings. The van der Waals surface area contributed by atoms with Crippen LogP contribution in [0.4, 0.5) is 5.82 Å². The van der Waals surface area contributed by atoms with E-state index >= 15 is 0 Å². The zero-order chi connectivity index (χ0) is 23.2. The number of aryl methyl sites for hydroxylation is 3. The Balaban J connectivity index is 2.05. The van der Waals surface area contributed by atoms with Gasteiger partial charge < -0.3 is 14.7 Å². The van der Waals surface area contributed by atoms with Gasteiger partial charge in [0.15, 0.2) is 0 Å². The van der Waals surface area contributed by atoms with Crippen molar-refractivity contribution >= 4 is 27.4 Å². The average Bonchev–Trinajstić information content (AvgIpc) is 3.08. The molecule has 1 aliphatic rings. The van der Waals surface area contributed by atoms with Crippen molar-refractivity contribution in [2.75, 3.05) is 19.0 Å². The van der Waals surface area contributed by atoms with Crippen molar-refractivity contribution in [1.82, 2.24) is 9.97 Å². The lowest BCUT2D eigenvalue weighted by Gasteiger charge is -2.30. The first kappa shape index (κ1) is 22.7. The van der Waals surface area contributed by atoms with Crippen molar-refractivity contribution in [2.24, 2.45) is 0 Å². The maximum absolute atomic E-state index is 10.6. The van der Waals surface area contributed by atoms with Crippen LogP contribution in [0.3, 0.4) is 0 Å². The third kappa shape index (κ3) is 4.26.